The molecule has 1 rings (SSSR count). The Morgan fingerprint density at radius 2 is 1.77 bits per heavy atom. The van der Waals surface area contributed by atoms with Gasteiger partial charge in [0.05, 0.1) is 12.2 Å². The highest BCUT2D eigenvalue weighted by atomic mass is 16.5. The Hall–Kier alpha value is -0.120. The second-order valence-electron chi connectivity index (χ2n) is 3.99. The third kappa shape index (κ3) is 2.93. The van der Waals surface area contributed by atoms with Crippen LogP contribution in [0.3, 0.4) is 0 Å². The molecule has 2 N–H and O–H groups in total. The number of ether oxygens (including phenoxy) is 1. The molecule has 0 bridgehead atoms. The van der Waals surface area contributed by atoms with E-state index in [1.54, 1.807) is 7.11 Å². The van der Waals surface area contributed by atoms with Gasteiger partial charge in [-0.3, -0.25) is 0 Å². The molecule has 0 aromatic heterocycles. The van der Waals surface area contributed by atoms with E-state index in [1.165, 1.54) is 12.8 Å². The minimum Gasteiger partial charge on any atom is -0.388 e. The fraction of sp³-hybridized carbons (Fsp3) is 1.00. The monoisotopic (exact) mass is 188 g/mol. The summed E-state index contributed by atoms with van der Waals surface area (Å²) in [5, 5.41) is 19.8. The third-order valence-electron chi connectivity index (χ3n) is 2.91. The highest BCUT2D eigenvalue weighted by Gasteiger charge is 2.35. The predicted molar refractivity (Wildman–Crippen MR) is 50.5 cm³/mol. The summed E-state index contributed by atoms with van der Waals surface area (Å²) in [4.78, 5) is 0. The van der Waals surface area contributed by atoms with Crippen molar-refractivity contribution in [1.82, 2.24) is 0 Å². The van der Waals surface area contributed by atoms with E-state index in [9.17, 15) is 10.2 Å². The first-order valence-corrected chi connectivity index (χ1v) is 5.08. The molecular formula is C10H20O3. The van der Waals surface area contributed by atoms with Crippen LogP contribution in [-0.4, -0.2) is 35.6 Å². The zero-order valence-electron chi connectivity index (χ0n) is 8.33. The molecule has 0 radical (unpaired) electrons. The second-order valence-corrected chi connectivity index (χ2v) is 3.99. The Bertz CT molecular complexity index is 139. The van der Waals surface area contributed by atoms with Crippen LogP contribution >= 0.6 is 0 Å². The first-order valence-electron chi connectivity index (χ1n) is 5.08. The van der Waals surface area contributed by atoms with E-state index in [0.29, 0.717) is 12.8 Å². The van der Waals surface area contributed by atoms with Crippen molar-refractivity contribution in [3.63, 3.8) is 0 Å². The molecule has 0 spiro atoms. The number of aliphatic hydroxyl groups excluding tert-OH is 1. The third-order valence-corrected chi connectivity index (χ3v) is 2.91. The molecule has 1 fully saturated rings. The van der Waals surface area contributed by atoms with Crippen LogP contribution in [0.5, 0.6) is 0 Å². The molecule has 1 unspecified atom stereocenters. The molecule has 0 saturated heterocycles. The van der Waals surface area contributed by atoms with E-state index in [-0.39, 0.29) is 6.61 Å². The van der Waals surface area contributed by atoms with Gasteiger partial charge in [0.2, 0.25) is 0 Å². The lowest BCUT2D eigenvalue weighted by Crippen LogP contribution is -2.44. The Balaban J connectivity index is 2.49. The van der Waals surface area contributed by atoms with Gasteiger partial charge in [0.15, 0.2) is 0 Å². The molecule has 0 aromatic carbocycles. The van der Waals surface area contributed by atoms with Gasteiger partial charge in [-0.15, -0.1) is 0 Å². The zero-order chi connectivity index (χ0) is 9.73. The van der Waals surface area contributed by atoms with E-state index >= 15 is 0 Å². The van der Waals surface area contributed by atoms with Crippen molar-refractivity contribution < 1.29 is 14.9 Å². The van der Waals surface area contributed by atoms with E-state index in [4.69, 9.17) is 4.74 Å². The topological polar surface area (TPSA) is 49.7 Å². The Kier molecular flexibility index (Phi) is 4.16. The lowest BCUT2D eigenvalue weighted by molar-refractivity contribution is -0.108. The van der Waals surface area contributed by atoms with Crippen molar-refractivity contribution in [3.8, 4) is 0 Å². The molecule has 13 heavy (non-hydrogen) atoms. The standard InChI is InChI=1S/C10H20O3/c1-13-8-9(11)10(12)6-4-2-3-5-7-10/h9,11-12H,2-8H2,1H3. The number of rotatable bonds is 3. The number of aliphatic hydroxyl groups is 2. The van der Waals surface area contributed by atoms with E-state index in [0.717, 1.165) is 12.8 Å². The van der Waals surface area contributed by atoms with E-state index < -0.39 is 11.7 Å². The SMILES string of the molecule is COCC(O)C1(O)CCCCCC1. The summed E-state index contributed by atoms with van der Waals surface area (Å²) in [6.45, 7) is 0.233. The molecule has 0 aromatic rings. The summed E-state index contributed by atoms with van der Waals surface area (Å²) < 4.78 is 4.85. The highest BCUT2D eigenvalue weighted by Crippen LogP contribution is 2.29. The molecule has 0 aliphatic heterocycles. The average Bonchev–Trinajstić information content (AvgIpc) is 2.32. The molecule has 1 atom stereocenters. The van der Waals surface area contributed by atoms with Crippen LogP contribution in [-0.2, 0) is 4.74 Å². The Labute approximate surface area is 79.7 Å². The van der Waals surface area contributed by atoms with Crippen LogP contribution in [0.15, 0.2) is 0 Å². The first kappa shape index (κ1) is 11.0. The molecule has 3 heteroatoms. The van der Waals surface area contributed by atoms with Gasteiger partial charge in [-0.25, -0.2) is 0 Å². The van der Waals surface area contributed by atoms with Gasteiger partial charge in [0, 0.05) is 7.11 Å². The molecule has 1 aliphatic rings. The fourth-order valence-electron chi connectivity index (χ4n) is 1.99. The largest absolute Gasteiger partial charge is 0.388 e. The minimum atomic E-state index is -0.896. The summed E-state index contributed by atoms with van der Waals surface area (Å²) in [6, 6.07) is 0. The van der Waals surface area contributed by atoms with Crippen molar-refractivity contribution in [3.05, 3.63) is 0 Å². The summed E-state index contributed by atoms with van der Waals surface area (Å²) in [5.74, 6) is 0. The van der Waals surface area contributed by atoms with Crippen molar-refractivity contribution in [2.45, 2.75) is 50.2 Å². The summed E-state index contributed by atoms with van der Waals surface area (Å²) in [5.41, 5.74) is -0.896. The lowest BCUT2D eigenvalue weighted by Gasteiger charge is -2.31. The zero-order valence-corrected chi connectivity index (χ0v) is 8.33. The normalized spacial score (nSPS) is 25.2. The van der Waals surface area contributed by atoms with Crippen LogP contribution in [0.2, 0.25) is 0 Å². The second kappa shape index (κ2) is 4.94. The van der Waals surface area contributed by atoms with Crippen molar-refractivity contribution >= 4 is 0 Å². The summed E-state index contributed by atoms with van der Waals surface area (Å²) in [7, 11) is 1.54. The Morgan fingerprint density at radius 3 is 2.23 bits per heavy atom. The number of methoxy groups -OCH3 is 1. The van der Waals surface area contributed by atoms with Gasteiger partial charge >= 0.3 is 0 Å². The number of hydrogen-bond acceptors (Lipinski definition) is 3. The van der Waals surface area contributed by atoms with Gasteiger partial charge in [0.1, 0.15) is 6.10 Å². The van der Waals surface area contributed by atoms with Crippen LogP contribution in [0.1, 0.15) is 38.5 Å². The van der Waals surface area contributed by atoms with Gasteiger partial charge in [-0.2, -0.15) is 0 Å². The molecule has 0 heterocycles. The quantitative estimate of drug-likeness (QED) is 0.652. The van der Waals surface area contributed by atoms with Crippen molar-refractivity contribution in [2.75, 3.05) is 13.7 Å². The highest BCUT2D eigenvalue weighted by molar-refractivity contribution is 4.87. The molecule has 78 valence electrons. The van der Waals surface area contributed by atoms with E-state index in [1.807, 2.05) is 0 Å². The van der Waals surface area contributed by atoms with Crippen molar-refractivity contribution in [1.29, 1.82) is 0 Å². The molecule has 1 aliphatic carbocycles. The van der Waals surface area contributed by atoms with Gasteiger partial charge in [-0.1, -0.05) is 25.7 Å². The maximum absolute atomic E-state index is 10.1. The Morgan fingerprint density at radius 1 is 1.23 bits per heavy atom. The average molecular weight is 188 g/mol. The van der Waals surface area contributed by atoms with Crippen LogP contribution < -0.4 is 0 Å². The van der Waals surface area contributed by atoms with E-state index in [2.05, 4.69) is 0 Å². The first-order chi connectivity index (χ1) is 6.19. The van der Waals surface area contributed by atoms with Gasteiger partial charge in [0.25, 0.3) is 0 Å². The minimum absolute atomic E-state index is 0.233. The number of hydrogen-bond donors (Lipinski definition) is 2. The fourth-order valence-corrected chi connectivity index (χ4v) is 1.99. The smallest absolute Gasteiger partial charge is 0.106 e. The summed E-state index contributed by atoms with van der Waals surface area (Å²) >= 11 is 0. The maximum Gasteiger partial charge on any atom is 0.106 e. The van der Waals surface area contributed by atoms with Crippen LogP contribution in [0, 0.1) is 0 Å². The molecule has 0 amide bonds. The van der Waals surface area contributed by atoms with Crippen LogP contribution in [0.4, 0.5) is 0 Å². The molecular weight excluding hydrogens is 168 g/mol. The lowest BCUT2D eigenvalue weighted by atomic mass is 9.89. The van der Waals surface area contributed by atoms with Gasteiger partial charge in [-0.05, 0) is 12.8 Å². The molecule has 3 nitrogen and oxygen atoms in total. The molecule has 1 saturated carbocycles. The van der Waals surface area contributed by atoms with Gasteiger partial charge < -0.3 is 14.9 Å². The predicted octanol–water partition coefficient (Wildman–Crippen LogP) is 1.08. The van der Waals surface area contributed by atoms with Crippen molar-refractivity contribution in [2.24, 2.45) is 0 Å². The van der Waals surface area contributed by atoms with Crippen LogP contribution in [0.25, 0.3) is 0 Å². The maximum atomic E-state index is 10.1. The summed E-state index contributed by atoms with van der Waals surface area (Å²) in [6.07, 6.45) is 5.05.